The molecule has 0 bridgehead atoms. The predicted molar refractivity (Wildman–Crippen MR) is 369 cm³/mol. The van der Waals surface area contributed by atoms with E-state index in [9.17, 15) is 25.9 Å². The second kappa shape index (κ2) is 52.1. The molecule has 0 N–H and O–H groups in total. The number of hydrogen-bond donors (Lipinski definition) is 0. The molecule has 0 heterocycles. The van der Waals surface area contributed by atoms with Crippen LogP contribution in [0, 0.1) is 0 Å². The van der Waals surface area contributed by atoms with Crippen molar-refractivity contribution in [2.75, 3.05) is 0 Å². The zero-order valence-corrected chi connectivity index (χ0v) is 59.4. The molecule has 0 unspecified atom stereocenters. The summed E-state index contributed by atoms with van der Waals surface area (Å²) in [6.07, 6.45) is 66.0. The Balaban J connectivity index is 0.000000573. The van der Waals surface area contributed by atoms with Gasteiger partial charge in [0.2, 0.25) is 0 Å². The van der Waals surface area contributed by atoms with Crippen molar-refractivity contribution in [3.05, 3.63) is 82.9 Å². The Morgan fingerprint density at radius 2 is 0.459 bits per heavy atom. The molecule has 0 aliphatic rings. The number of hydrogen-bond acceptors (Lipinski definition) is 6. The summed E-state index contributed by atoms with van der Waals surface area (Å²) in [5.74, 6) is 0. The molecule has 0 aliphatic carbocycles. The number of rotatable bonds is 54. The van der Waals surface area contributed by atoms with Crippen LogP contribution in [0.15, 0.2) is 70.5 Å². The van der Waals surface area contributed by atoms with Gasteiger partial charge in [-0.05, 0) is 95.2 Å². The first-order valence-corrected chi connectivity index (χ1v) is 38.8. The molecule has 4 aromatic carbocycles. The first kappa shape index (κ1) is 79.6. The van der Waals surface area contributed by atoms with Crippen LogP contribution in [0.5, 0.6) is 0 Å². The van der Waals surface area contributed by atoms with Crippen molar-refractivity contribution in [1.82, 2.24) is 0 Å². The van der Waals surface area contributed by atoms with E-state index >= 15 is 0 Å². The number of benzene rings is 4. The number of fused-ring (bicyclic) bond motifs is 2. The van der Waals surface area contributed by atoms with E-state index in [1.807, 2.05) is 48.5 Å². The van der Waals surface area contributed by atoms with Crippen LogP contribution in [-0.2, 0) is 45.9 Å². The molecular weight excluding hydrogens is 1110 g/mol. The van der Waals surface area contributed by atoms with E-state index in [0.29, 0.717) is 34.7 Å². The minimum absolute atomic E-state index is 0. The minimum Gasteiger partial charge on any atom is -0.744 e. The molecule has 0 fully saturated rings. The summed E-state index contributed by atoms with van der Waals surface area (Å²) >= 11 is 0. The molecule has 9 heteroatoms. The maximum Gasteiger partial charge on any atom is 2.00 e. The van der Waals surface area contributed by atoms with Crippen molar-refractivity contribution in [2.24, 2.45) is 0 Å². The SMILES string of the molecule is CCCCCCCCCCCCCCc1ccc2c(S(=O)(=O)[O-])c(CCCCCCCCCCCCCC)ccc2c1.CCCCCCCCCCCCCCc1ccc2c(S(=O)(=O)[O-])c(CCCCCCCCCCCCCC)ccc2c1.[Ca+2]. The van der Waals surface area contributed by atoms with Crippen molar-refractivity contribution in [3.8, 4) is 0 Å². The summed E-state index contributed by atoms with van der Waals surface area (Å²) in [4.78, 5) is 0.0278. The molecule has 6 nitrogen and oxygen atoms in total. The summed E-state index contributed by atoms with van der Waals surface area (Å²) in [5, 5.41) is 2.94. The third-order valence-corrected chi connectivity index (χ3v) is 19.9. The van der Waals surface area contributed by atoms with E-state index in [-0.39, 0.29) is 47.5 Å². The molecule has 0 aliphatic heterocycles. The fraction of sp³-hybridized carbons (Fsp3) is 0.737. The topological polar surface area (TPSA) is 114 Å². The zero-order valence-electron chi connectivity index (χ0n) is 55.5. The monoisotopic (exact) mass is 1240 g/mol. The third-order valence-electron chi connectivity index (χ3n) is 18.0. The van der Waals surface area contributed by atoms with Gasteiger partial charge in [0.25, 0.3) is 0 Å². The van der Waals surface area contributed by atoms with Crippen LogP contribution in [0.1, 0.15) is 358 Å². The fourth-order valence-corrected chi connectivity index (χ4v) is 14.6. The van der Waals surface area contributed by atoms with Crippen LogP contribution in [-0.4, -0.2) is 63.7 Å². The van der Waals surface area contributed by atoms with E-state index in [1.54, 1.807) is 0 Å². The maximum atomic E-state index is 12.3. The Morgan fingerprint density at radius 1 is 0.259 bits per heavy atom. The second-order valence-electron chi connectivity index (χ2n) is 25.7. The quantitative estimate of drug-likeness (QED) is 0.0247. The van der Waals surface area contributed by atoms with Crippen LogP contribution >= 0.6 is 0 Å². The first-order valence-electron chi connectivity index (χ1n) is 35.9. The van der Waals surface area contributed by atoms with Gasteiger partial charge in [0, 0.05) is 0 Å². The van der Waals surface area contributed by atoms with E-state index in [4.69, 9.17) is 0 Å². The fourth-order valence-electron chi connectivity index (χ4n) is 12.7. The second-order valence-corrected chi connectivity index (χ2v) is 28.3. The van der Waals surface area contributed by atoms with Crippen LogP contribution in [0.3, 0.4) is 0 Å². The van der Waals surface area contributed by atoms with E-state index < -0.39 is 20.2 Å². The summed E-state index contributed by atoms with van der Waals surface area (Å²) in [7, 11) is -9.06. The van der Waals surface area contributed by atoms with Gasteiger partial charge in [0.1, 0.15) is 20.2 Å². The maximum absolute atomic E-state index is 12.3. The average Bonchev–Trinajstić information content (AvgIpc) is 1.50. The van der Waals surface area contributed by atoms with Gasteiger partial charge in [0.15, 0.2) is 0 Å². The molecule has 85 heavy (non-hydrogen) atoms. The molecule has 0 aromatic heterocycles. The smallest absolute Gasteiger partial charge is 0.744 e. The van der Waals surface area contributed by atoms with Crippen LogP contribution in [0.4, 0.5) is 0 Å². The van der Waals surface area contributed by atoms with Gasteiger partial charge in [-0.1, -0.05) is 371 Å². The van der Waals surface area contributed by atoms with Gasteiger partial charge in [-0.2, -0.15) is 0 Å². The van der Waals surface area contributed by atoms with Crippen molar-refractivity contribution < 1.29 is 25.9 Å². The average molecular weight is 1240 g/mol. The number of aryl methyl sites for hydroxylation is 4. The molecule has 0 saturated carbocycles. The Kier molecular flexibility index (Phi) is 48.8. The van der Waals surface area contributed by atoms with Crippen molar-refractivity contribution in [2.45, 2.75) is 371 Å². The van der Waals surface area contributed by atoms with Crippen molar-refractivity contribution in [3.63, 3.8) is 0 Å². The minimum atomic E-state index is -4.53. The molecule has 4 aromatic rings. The summed E-state index contributed by atoms with van der Waals surface area (Å²) < 4.78 is 73.9. The molecule has 0 spiro atoms. The van der Waals surface area contributed by atoms with Crippen molar-refractivity contribution >= 4 is 79.5 Å². The Labute approximate surface area is 555 Å². The Morgan fingerprint density at radius 3 is 0.671 bits per heavy atom. The van der Waals surface area contributed by atoms with Gasteiger partial charge < -0.3 is 9.11 Å². The molecule has 0 saturated heterocycles. The molecule has 0 amide bonds. The number of unbranched alkanes of at least 4 members (excludes halogenated alkanes) is 44. The molecule has 4 rings (SSSR count). The Bertz CT molecular complexity index is 2300. The summed E-state index contributed by atoms with van der Waals surface area (Å²) in [5.41, 5.74) is 3.85. The van der Waals surface area contributed by atoms with Gasteiger partial charge in [-0.15, -0.1) is 0 Å². The zero-order chi connectivity index (χ0) is 60.6. The van der Waals surface area contributed by atoms with E-state index in [2.05, 4.69) is 39.8 Å². The molecule has 0 radical (unpaired) electrons. The first-order chi connectivity index (χ1) is 40.9. The van der Waals surface area contributed by atoms with Crippen LogP contribution in [0.25, 0.3) is 21.5 Å². The van der Waals surface area contributed by atoms with Gasteiger partial charge in [0.05, 0.1) is 9.79 Å². The molecule has 0 atom stereocenters. The summed E-state index contributed by atoms with van der Waals surface area (Å²) in [6.45, 7) is 9.06. The third kappa shape index (κ3) is 38.1. The van der Waals surface area contributed by atoms with Gasteiger partial charge in [-0.25, -0.2) is 16.8 Å². The van der Waals surface area contributed by atoms with Gasteiger partial charge >= 0.3 is 37.7 Å². The van der Waals surface area contributed by atoms with Crippen LogP contribution < -0.4 is 0 Å². The van der Waals surface area contributed by atoms with E-state index in [0.717, 1.165) is 62.1 Å². The standard InChI is InChI=1S/2C38H64O3S.Ca/c2*1-3-5-7-9-11-13-15-17-19-21-23-25-27-34-29-32-37-36(33-34)31-30-35(38(37)42(39,40)41)28-26-24-22-20-18-16-14-12-10-8-6-4-2;/h2*29-33H,3-28H2,1-2H3,(H,39,40,41);/q;;+2/p-2. The van der Waals surface area contributed by atoms with Crippen LogP contribution in [0.2, 0.25) is 0 Å². The Hall–Kier alpha value is -1.52. The van der Waals surface area contributed by atoms with E-state index in [1.165, 1.54) is 281 Å². The van der Waals surface area contributed by atoms with Gasteiger partial charge in [-0.3, -0.25) is 0 Å². The normalized spacial score (nSPS) is 11.8. The molecular formula is C76H126CaO6S2. The largest absolute Gasteiger partial charge is 2.00 e. The van der Waals surface area contributed by atoms with Crippen molar-refractivity contribution in [1.29, 1.82) is 0 Å². The molecule has 480 valence electrons. The summed E-state index contributed by atoms with van der Waals surface area (Å²) in [6, 6.07) is 19.8. The predicted octanol–water partition coefficient (Wildman–Crippen LogP) is 24.1.